The molecule has 0 atom stereocenters. The Hall–Kier alpha value is -1.88. The minimum Gasteiger partial charge on any atom is -0.345 e. The Balaban J connectivity index is 1.31. The van der Waals surface area contributed by atoms with Gasteiger partial charge in [0.2, 0.25) is 5.91 Å². The molecule has 4 bridgehead atoms. The predicted molar refractivity (Wildman–Crippen MR) is 102 cm³/mol. The van der Waals surface area contributed by atoms with Gasteiger partial charge in [0, 0.05) is 30.9 Å². The second kappa shape index (κ2) is 6.69. The molecule has 4 aliphatic rings. The summed E-state index contributed by atoms with van der Waals surface area (Å²) in [6.07, 6.45) is 7.95. The number of nitrogens with one attached hydrogen (secondary N) is 2. The molecule has 0 unspecified atom stereocenters. The maximum Gasteiger partial charge on any atom is 0.253 e. The molecule has 26 heavy (non-hydrogen) atoms. The third-order valence-electron chi connectivity index (χ3n) is 6.48. The van der Waals surface area contributed by atoms with Crippen molar-refractivity contribution in [2.24, 2.45) is 17.8 Å². The van der Waals surface area contributed by atoms with Crippen LogP contribution in [0.5, 0.6) is 0 Å². The van der Waals surface area contributed by atoms with Crippen molar-refractivity contribution in [2.45, 2.75) is 44.1 Å². The van der Waals surface area contributed by atoms with E-state index in [1.807, 2.05) is 0 Å². The first-order valence-corrected chi connectivity index (χ1v) is 9.79. The summed E-state index contributed by atoms with van der Waals surface area (Å²) in [5.41, 5.74) is 1.56. The van der Waals surface area contributed by atoms with Crippen molar-refractivity contribution < 1.29 is 9.59 Å². The zero-order valence-corrected chi connectivity index (χ0v) is 15.8. The summed E-state index contributed by atoms with van der Waals surface area (Å²) in [6.45, 7) is 0.366. The Morgan fingerprint density at radius 3 is 2.04 bits per heavy atom. The largest absolute Gasteiger partial charge is 0.345 e. The van der Waals surface area contributed by atoms with Gasteiger partial charge in [-0.3, -0.25) is 9.59 Å². The molecule has 0 aliphatic heterocycles. The molecule has 5 heteroatoms. The van der Waals surface area contributed by atoms with Crippen molar-refractivity contribution in [1.29, 1.82) is 0 Å². The maximum absolute atomic E-state index is 12.4. The first kappa shape index (κ1) is 17.5. The smallest absolute Gasteiger partial charge is 0.253 e. The first-order chi connectivity index (χ1) is 12.4. The average molecular weight is 355 g/mol. The van der Waals surface area contributed by atoms with Crippen molar-refractivity contribution in [3.8, 4) is 0 Å². The highest BCUT2D eigenvalue weighted by atomic mass is 16.2. The van der Waals surface area contributed by atoms with Gasteiger partial charge in [0.1, 0.15) is 0 Å². The lowest BCUT2D eigenvalue weighted by Gasteiger charge is -2.57. The Morgan fingerprint density at radius 2 is 1.54 bits per heavy atom. The molecule has 1 aromatic carbocycles. The summed E-state index contributed by atoms with van der Waals surface area (Å²) >= 11 is 0. The molecule has 5 rings (SSSR count). The molecule has 4 saturated carbocycles. The Kier molecular flexibility index (Phi) is 4.51. The fraction of sp³-hybridized carbons (Fsp3) is 0.619. The number of nitrogens with zero attached hydrogens (tertiary/aromatic N) is 1. The molecule has 2 N–H and O–H groups in total. The number of carbonyl (C=O) groups excluding carboxylic acids is 2. The zero-order valence-electron chi connectivity index (χ0n) is 15.8. The minimum absolute atomic E-state index is 0.00701. The van der Waals surface area contributed by atoms with Gasteiger partial charge in [-0.2, -0.15) is 0 Å². The lowest BCUT2D eigenvalue weighted by atomic mass is 9.53. The number of carbonyl (C=O) groups is 2. The second-order valence-electron chi connectivity index (χ2n) is 8.88. The molecular formula is C21H29N3O2. The van der Waals surface area contributed by atoms with Gasteiger partial charge < -0.3 is 15.5 Å². The van der Waals surface area contributed by atoms with Gasteiger partial charge in [-0.15, -0.1) is 0 Å². The highest BCUT2D eigenvalue weighted by molar-refractivity contribution is 5.96. The molecule has 140 valence electrons. The summed E-state index contributed by atoms with van der Waals surface area (Å²) in [5.74, 6) is 2.58. The van der Waals surface area contributed by atoms with Gasteiger partial charge >= 0.3 is 0 Å². The van der Waals surface area contributed by atoms with Gasteiger partial charge in [-0.1, -0.05) is 0 Å². The van der Waals surface area contributed by atoms with Gasteiger partial charge in [-0.05, 0) is 80.5 Å². The van der Waals surface area contributed by atoms with Crippen LogP contribution in [0.2, 0.25) is 0 Å². The molecule has 0 aromatic heterocycles. The number of benzene rings is 1. The molecule has 2 amide bonds. The monoisotopic (exact) mass is 355 g/mol. The Labute approximate surface area is 155 Å². The highest BCUT2D eigenvalue weighted by Gasteiger charge is 2.50. The van der Waals surface area contributed by atoms with Crippen LogP contribution in [0.1, 0.15) is 48.9 Å². The van der Waals surface area contributed by atoms with Crippen molar-refractivity contribution >= 4 is 17.5 Å². The van der Waals surface area contributed by atoms with E-state index in [0.29, 0.717) is 12.1 Å². The van der Waals surface area contributed by atoms with Gasteiger partial charge in [0.05, 0.1) is 6.54 Å². The van der Waals surface area contributed by atoms with Crippen molar-refractivity contribution in [3.05, 3.63) is 29.8 Å². The van der Waals surface area contributed by atoms with Crippen LogP contribution in [0.25, 0.3) is 0 Å². The number of hydrogen-bond acceptors (Lipinski definition) is 3. The summed E-state index contributed by atoms with van der Waals surface area (Å²) in [4.78, 5) is 25.8. The van der Waals surface area contributed by atoms with Gasteiger partial charge in [-0.25, -0.2) is 0 Å². The molecule has 0 heterocycles. The topological polar surface area (TPSA) is 61.4 Å². The van der Waals surface area contributed by atoms with Crippen LogP contribution in [0, 0.1) is 17.8 Å². The fourth-order valence-corrected chi connectivity index (χ4v) is 5.75. The third kappa shape index (κ3) is 3.50. The van der Waals surface area contributed by atoms with E-state index < -0.39 is 0 Å². The van der Waals surface area contributed by atoms with E-state index in [0.717, 1.165) is 23.4 Å². The van der Waals surface area contributed by atoms with Crippen LogP contribution in [0.3, 0.4) is 0 Å². The molecule has 4 aliphatic carbocycles. The maximum atomic E-state index is 12.4. The number of amides is 2. The first-order valence-electron chi connectivity index (χ1n) is 9.79. The molecule has 0 radical (unpaired) electrons. The molecule has 5 nitrogen and oxygen atoms in total. The lowest BCUT2D eigenvalue weighted by molar-refractivity contribution is -0.116. The summed E-state index contributed by atoms with van der Waals surface area (Å²) < 4.78 is 0. The zero-order chi connectivity index (χ0) is 18.3. The van der Waals surface area contributed by atoms with Gasteiger partial charge in [0.15, 0.2) is 0 Å². The number of anilines is 1. The fourth-order valence-electron chi connectivity index (χ4n) is 5.75. The lowest BCUT2D eigenvalue weighted by Crippen LogP contribution is -2.59. The van der Waals surface area contributed by atoms with Crippen LogP contribution in [-0.4, -0.2) is 42.9 Å². The quantitative estimate of drug-likeness (QED) is 0.854. The van der Waals surface area contributed by atoms with Crippen LogP contribution in [0.15, 0.2) is 24.3 Å². The summed E-state index contributed by atoms with van der Waals surface area (Å²) in [5, 5.41) is 6.56. The summed E-state index contributed by atoms with van der Waals surface area (Å²) in [7, 11) is 3.46. The van der Waals surface area contributed by atoms with Crippen LogP contribution < -0.4 is 10.6 Å². The number of hydrogen-bond donors (Lipinski definition) is 2. The predicted octanol–water partition coefficient (Wildman–Crippen LogP) is 2.89. The normalized spacial score (nSPS) is 31.7. The van der Waals surface area contributed by atoms with E-state index >= 15 is 0 Å². The van der Waals surface area contributed by atoms with E-state index in [9.17, 15) is 9.59 Å². The van der Waals surface area contributed by atoms with E-state index in [2.05, 4.69) is 10.6 Å². The molecule has 1 aromatic rings. The van der Waals surface area contributed by atoms with Crippen LogP contribution >= 0.6 is 0 Å². The average Bonchev–Trinajstić information content (AvgIpc) is 2.59. The van der Waals surface area contributed by atoms with E-state index in [4.69, 9.17) is 0 Å². The van der Waals surface area contributed by atoms with E-state index in [1.54, 1.807) is 43.3 Å². The standard InChI is InChI=1S/C21H29N3O2/c1-24(2)20(26)17-3-5-18(6-4-17)23-19(25)13-22-21-10-14-7-15(11-21)9-16(8-14)12-21/h3-6,14-16,22H,7-13H2,1-2H3,(H,23,25). The Morgan fingerprint density at radius 1 is 1.00 bits per heavy atom. The number of rotatable bonds is 5. The van der Waals surface area contributed by atoms with Crippen LogP contribution in [0.4, 0.5) is 5.69 Å². The molecule has 0 saturated heterocycles. The van der Waals surface area contributed by atoms with Gasteiger partial charge in [0.25, 0.3) is 5.91 Å². The summed E-state index contributed by atoms with van der Waals surface area (Å²) in [6, 6.07) is 7.09. The van der Waals surface area contributed by atoms with E-state index in [1.165, 1.54) is 38.5 Å². The van der Waals surface area contributed by atoms with Crippen LogP contribution in [-0.2, 0) is 4.79 Å². The van der Waals surface area contributed by atoms with Crippen molar-refractivity contribution in [2.75, 3.05) is 26.0 Å². The second-order valence-corrected chi connectivity index (χ2v) is 8.88. The van der Waals surface area contributed by atoms with E-state index in [-0.39, 0.29) is 17.4 Å². The minimum atomic E-state index is -0.0358. The van der Waals surface area contributed by atoms with Crippen molar-refractivity contribution in [3.63, 3.8) is 0 Å². The molecule has 4 fully saturated rings. The van der Waals surface area contributed by atoms with Crippen molar-refractivity contribution in [1.82, 2.24) is 10.2 Å². The SMILES string of the molecule is CN(C)C(=O)c1ccc(NC(=O)CNC23CC4CC(CC(C4)C2)C3)cc1. The molecular weight excluding hydrogens is 326 g/mol. The third-order valence-corrected chi connectivity index (χ3v) is 6.48. The Bertz CT molecular complexity index is 660. The molecule has 0 spiro atoms. The highest BCUT2D eigenvalue weighted by Crippen LogP contribution is 2.55.